The van der Waals surface area contributed by atoms with E-state index in [9.17, 15) is 4.79 Å². The molecule has 2 aromatic rings. The minimum absolute atomic E-state index is 0.101. The molecule has 0 saturated carbocycles. The van der Waals surface area contributed by atoms with Crippen molar-refractivity contribution in [2.75, 3.05) is 29.1 Å². The molecule has 1 fully saturated rings. The molecule has 1 saturated heterocycles. The summed E-state index contributed by atoms with van der Waals surface area (Å²) in [6, 6.07) is 9.06. The zero-order valence-electron chi connectivity index (χ0n) is 13.9. The van der Waals surface area contributed by atoms with Crippen molar-refractivity contribution in [3.63, 3.8) is 0 Å². The van der Waals surface area contributed by atoms with Crippen molar-refractivity contribution in [3.05, 3.63) is 41.6 Å². The van der Waals surface area contributed by atoms with Crippen LogP contribution in [0.1, 0.15) is 25.7 Å². The van der Waals surface area contributed by atoms with Crippen molar-refractivity contribution in [2.24, 2.45) is 0 Å². The Balaban J connectivity index is 1.55. The van der Waals surface area contributed by atoms with E-state index in [0.717, 1.165) is 18.9 Å². The normalized spacial score (nSPS) is 14.8. The second kappa shape index (κ2) is 9.06. The first-order chi connectivity index (χ1) is 12.2. The minimum Gasteiger partial charge on any atom is -0.356 e. The second-order valence-electron chi connectivity index (χ2n) is 5.95. The number of carbonyl (C=O) groups excluding carboxylic acids is 1. The highest BCUT2D eigenvalue weighted by Gasteiger charge is 2.13. The van der Waals surface area contributed by atoms with E-state index in [1.807, 2.05) is 12.1 Å². The van der Waals surface area contributed by atoms with Gasteiger partial charge in [-0.15, -0.1) is 0 Å². The van der Waals surface area contributed by atoms with Gasteiger partial charge >= 0.3 is 0 Å². The summed E-state index contributed by atoms with van der Waals surface area (Å²) in [5.41, 5.74) is 0.692. The first kappa shape index (κ1) is 18.0. The van der Waals surface area contributed by atoms with Gasteiger partial charge in [-0.25, -0.2) is 9.97 Å². The molecule has 3 rings (SSSR count). The average molecular weight is 377 g/mol. The first-order valence-electron chi connectivity index (χ1n) is 8.47. The Labute approximate surface area is 157 Å². The number of benzene rings is 1. The van der Waals surface area contributed by atoms with Crippen molar-refractivity contribution in [1.29, 1.82) is 0 Å². The molecule has 0 unspecified atom stereocenters. The number of nitrogens with one attached hydrogen (secondary N) is 1. The molecular weight excluding hydrogens is 356 g/mol. The van der Waals surface area contributed by atoms with E-state index in [2.05, 4.69) is 20.2 Å². The molecule has 1 aliphatic heterocycles. The second-order valence-corrected chi connectivity index (χ2v) is 7.32. The third-order valence-electron chi connectivity index (χ3n) is 3.99. The highest BCUT2D eigenvalue weighted by molar-refractivity contribution is 7.99. The molecule has 1 aliphatic rings. The molecule has 0 aliphatic carbocycles. The summed E-state index contributed by atoms with van der Waals surface area (Å²) in [6.07, 6.45) is 6.74. The van der Waals surface area contributed by atoms with Crippen LogP contribution in [0.15, 0.2) is 41.7 Å². The predicted octanol–water partition coefficient (Wildman–Crippen LogP) is 4.24. The molecule has 132 valence electrons. The van der Waals surface area contributed by atoms with E-state index in [1.165, 1.54) is 37.4 Å². The van der Waals surface area contributed by atoms with Gasteiger partial charge in [-0.3, -0.25) is 4.79 Å². The van der Waals surface area contributed by atoms with Gasteiger partial charge in [0.2, 0.25) is 5.91 Å². The Bertz CT molecular complexity index is 720. The summed E-state index contributed by atoms with van der Waals surface area (Å²) < 4.78 is 0. The summed E-state index contributed by atoms with van der Waals surface area (Å²) in [5, 5.41) is 4.05. The highest BCUT2D eigenvalue weighted by Crippen LogP contribution is 2.21. The van der Waals surface area contributed by atoms with E-state index in [4.69, 9.17) is 11.6 Å². The quantitative estimate of drug-likeness (QED) is 0.624. The summed E-state index contributed by atoms with van der Waals surface area (Å²) in [7, 11) is 0. The summed E-state index contributed by atoms with van der Waals surface area (Å²) in [4.78, 5) is 23.3. The van der Waals surface area contributed by atoms with Crippen LogP contribution in [0.2, 0.25) is 5.02 Å². The lowest BCUT2D eigenvalue weighted by atomic mass is 10.2. The molecule has 1 aromatic heterocycles. The number of nitrogens with zero attached hydrogens (tertiary/aromatic N) is 3. The Hall–Kier alpha value is -1.79. The lowest BCUT2D eigenvalue weighted by Crippen LogP contribution is -2.25. The number of halogens is 1. The monoisotopic (exact) mass is 376 g/mol. The zero-order chi connectivity index (χ0) is 17.5. The maximum Gasteiger partial charge on any atom is 0.234 e. The highest BCUT2D eigenvalue weighted by atomic mass is 35.5. The number of aromatic nitrogens is 2. The summed E-state index contributed by atoms with van der Waals surface area (Å²) in [6.45, 7) is 2.08. The van der Waals surface area contributed by atoms with E-state index in [0.29, 0.717) is 15.9 Å². The Kier molecular flexibility index (Phi) is 6.53. The summed E-state index contributed by atoms with van der Waals surface area (Å²) in [5.74, 6) is 1.11. The van der Waals surface area contributed by atoms with Crippen molar-refractivity contribution < 1.29 is 4.79 Å². The number of rotatable bonds is 5. The van der Waals surface area contributed by atoms with E-state index in [-0.39, 0.29) is 11.7 Å². The van der Waals surface area contributed by atoms with Crippen LogP contribution in [-0.2, 0) is 4.79 Å². The molecule has 0 spiro atoms. The van der Waals surface area contributed by atoms with Gasteiger partial charge in [0, 0.05) is 30.0 Å². The maximum absolute atomic E-state index is 12.1. The maximum atomic E-state index is 12.1. The van der Waals surface area contributed by atoms with Crippen LogP contribution in [0.3, 0.4) is 0 Å². The van der Waals surface area contributed by atoms with Crippen molar-refractivity contribution in [1.82, 2.24) is 9.97 Å². The molecule has 0 atom stereocenters. The number of amides is 1. The third-order valence-corrected chi connectivity index (χ3v) is 5.09. The molecule has 0 bridgehead atoms. The largest absolute Gasteiger partial charge is 0.356 e. The van der Waals surface area contributed by atoms with Crippen LogP contribution in [0.5, 0.6) is 0 Å². The molecule has 1 amide bonds. The van der Waals surface area contributed by atoms with E-state index in [1.54, 1.807) is 24.4 Å². The molecule has 7 heteroatoms. The molecule has 0 radical (unpaired) electrons. The number of hydrogen-bond donors (Lipinski definition) is 1. The average Bonchev–Trinajstić information content (AvgIpc) is 2.90. The molecule has 1 N–H and O–H groups in total. The van der Waals surface area contributed by atoms with Crippen molar-refractivity contribution in [3.8, 4) is 0 Å². The Morgan fingerprint density at radius 1 is 1.20 bits per heavy atom. The van der Waals surface area contributed by atoms with Crippen LogP contribution < -0.4 is 10.2 Å². The SMILES string of the molecule is O=C(CSc1nccc(N2CCCCCC2)n1)Nc1cccc(Cl)c1. The molecule has 1 aromatic carbocycles. The summed E-state index contributed by atoms with van der Waals surface area (Å²) >= 11 is 7.26. The fraction of sp³-hybridized carbons (Fsp3) is 0.389. The smallest absolute Gasteiger partial charge is 0.234 e. The minimum atomic E-state index is -0.101. The van der Waals surface area contributed by atoms with Crippen LogP contribution >= 0.6 is 23.4 Å². The van der Waals surface area contributed by atoms with Gasteiger partial charge < -0.3 is 10.2 Å². The predicted molar refractivity (Wildman–Crippen MR) is 104 cm³/mol. The fourth-order valence-electron chi connectivity index (χ4n) is 2.77. The number of carbonyl (C=O) groups is 1. The van der Waals surface area contributed by atoms with Crippen LogP contribution in [0, 0.1) is 0 Å². The number of hydrogen-bond acceptors (Lipinski definition) is 5. The van der Waals surface area contributed by atoms with Gasteiger partial charge in [-0.1, -0.05) is 42.3 Å². The fourth-order valence-corrected chi connectivity index (χ4v) is 3.59. The third kappa shape index (κ3) is 5.61. The van der Waals surface area contributed by atoms with Crippen molar-refractivity contribution >= 4 is 40.8 Å². The van der Waals surface area contributed by atoms with Gasteiger partial charge in [0.25, 0.3) is 0 Å². The number of anilines is 2. The molecular formula is C18H21ClN4OS. The van der Waals surface area contributed by atoms with E-state index >= 15 is 0 Å². The van der Waals surface area contributed by atoms with Gasteiger partial charge in [0.15, 0.2) is 5.16 Å². The Morgan fingerprint density at radius 2 is 2.00 bits per heavy atom. The Morgan fingerprint density at radius 3 is 2.76 bits per heavy atom. The molecule has 25 heavy (non-hydrogen) atoms. The zero-order valence-corrected chi connectivity index (χ0v) is 15.5. The van der Waals surface area contributed by atoms with Crippen molar-refractivity contribution in [2.45, 2.75) is 30.8 Å². The topological polar surface area (TPSA) is 58.1 Å². The van der Waals surface area contributed by atoms with Crippen LogP contribution in [-0.4, -0.2) is 34.7 Å². The first-order valence-corrected chi connectivity index (χ1v) is 9.83. The van der Waals surface area contributed by atoms with Gasteiger partial charge in [-0.2, -0.15) is 0 Å². The van der Waals surface area contributed by atoms with E-state index < -0.39 is 0 Å². The van der Waals surface area contributed by atoms with Gasteiger partial charge in [-0.05, 0) is 37.1 Å². The molecule has 5 nitrogen and oxygen atoms in total. The number of thioether (sulfide) groups is 1. The van der Waals surface area contributed by atoms with Gasteiger partial charge in [0.1, 0.15) is 5.82 Å². The standard InChI is InChI=1S/C18H21ClN4OS/c19-14-6-5-7-15(12-14)21-17(24)13-25-18-20-9-8-16(22-18)23-10-3-1-2-4-11-23/h5-9,12H,1-4,10-11,13H2,(H,21,24). The lowest BCUT2D eigenvalue weighted by molar-refractivity contribution is -0.113. The molecule has 2 heterocycles. The lowest BCUT2D eigenvalue weighted by Gasteiger charge is -2.21. The van der Waals surface area contributed by atoms with Gasteiger partial charge in [0.05, 0.1) is 5.75 Å². The van der Waals surface area contributed by atoms with Crippen LogP contribution in [0.4, 0.5) is 11.5 Å². The van der Waals surface area contributed by atoms with Crippen LogP contribution in [0.25, 0.3) is 0 Å².